The number of hydrogen-bond donors (Lipinski definition) is 2. The SMILES string of the molecule is COCC(C)(O)CNS(=O)(=O)c1ccc(OC(F)(F)F)cc1. The highest BCUT2D eigenvalue weighted by Crippen LogP contribution is 2.23. The van der Waals surface area contributed by atoms with Gasteiger partial charge in [0.2, 0.25) is 10.0 Å². The van der Waals surface area contributed by atoms with Gasteiger partial charge in [-0.25, -0.2) is 13.1 Å². The van der Waals surface area contributed by atoms with Crippen LogP contribution >= 0.6 is 0 Å². The third-order valence-corrected chi connectivity index (χ3v) is 3.88. The number of sulfonamides is 1. The van der Waals surface area contributed by atoms with E-state index in [1.54, 1.807) is 0 Å². The molecule has 0 amide bonds. The molecule has 2 N–H and O–H groups in total. The zero-order chi connectivity index (χ0) is 17.0. The van der Waals surface area contributed by atoms with Crippen LogP contribution < -0.4 is 9.46 Å². The average molecular weight is 343 g/mol. The van der Waals surface area contributed by atoms with Crippen molar-refractivity contribution in [2.45, 2.75) is 23.8 Å². The van der Waals surface area contributed by atoms with Gasteiger partial charge in [0.15, 0.2) is 0 Å². The minimum absolute atomic E-state index is 0.0894. The smallest absolute Gasteiger partial charge is 0.406 e. The van der Waals surface area contributed by atoms with Crippen molar-refractivity contribution < 1.29 is 36.2 Å². The van der Waals surface area contributed by atoms with Crippen LogP contribution in [0.3, 0.4) is 0 Å². The second-order valence-corrected chi connectivity index (χ2v) is 6.54. The number of alkyl halides is 3. The van der Waals surface area contributed by atoms with Crippen molar-refractivity contribution >= 4 is 10.0 Å². The first-order chi connectivity index (χ1) is 9.95. The zero-order valence-corrected chi connectivity index (χ0v) is 12.7. The standard InChI is InChI=1S/C12H16F3NO5S/c1-11(17,8-20-2)7-16-22(18,19)10-5-3-9(4-6-10)21-12(13,14)15/h3-6,16-17H,7-8H2,1-2H3. The number of aliphatic hydroxyl groups is 1. The third-order valence-electron chi connectivity index (χ3n) is 2.47. The molecule has 0 radical (unpaired) electrons. The van der Waals surface area contributed by atoms with Gasteiger partial charge in [-0.05, 0) is 31.2 Å². The van der Waals surface area contributed by atoms with E-state index in [0.29, 0.717) is 0 Å². The summed E-state index contributed by atoms with van der Waals surface area (Å²) in [5, 5.41) is 9.80. The molecular weight excluding hydrogens is 327 g/mol. The van der Waals surface area contributed by atoms with E-state index in [0.717, 1.165) is 24.3 Å². The predicted molar refractivity (Wildman–Crippen MR) is 70.8 cm³/mol. The summed E-state index contributed by atoms with van der Waals surface area (Å²) < 4.78 is 70.5. The van der Waals surface area contributed by atoms with Crippen LogP contribution in [0.5, 0.6) is 5.75 Å². The van der Waals surface area contributed by atoms with Crippen LogP contribution in [-0.4, -0.2) is 45.7 Å². The summed E-state index contributed by atoms with van der Waals surface area (Å²) in [7, 11) is -2.63. The molecule has 0 bridgehead atoms. The van der Waals surface area contributed by atoms with Crippen molar-refractivity contribution in [2.75, 3.05) is 20.3 Å². The van der Waals surface area contributed by atoms with Crippen molar-refractivity contribution in [2.24, 2.45) is 0 Å². The summed E-state index contributed by atoms with van der Waals surface area (Å²) in [4.78, 5) is -0.254. The fraction of sp³-hybridized carbons (Fsp3) is 0.500. The van der Waals surface area contributed by atoms with Crippen molar-refractivity contribution in [1.82, 2.24) is 4.72 Å². The Morgan fingerprint density at radius 2 is 1.77 bits per heavy atom. The maximum Gasteiger partial charge on any atom is 0.573 e. The lowest BCUT2D eigenvalue weighted by Crippen LogP contribution is -2.43. The summed E-state index contributed by atoms with van der Waals surface area (Å²) in [6.45, 7) is 0.969. The van der Waals surface area contributed by atoms with E-state index in [-0.39, 0.29) is 18.0 Å². The molecule has 0 aliphatic heterocycles. The predicted octanol–water partition coefficient (Wildman–Crippen LogP) is 1.26. The molecule has 0 aliphatic carbocycles. The first-order valence-electron chi connectivity index (χ1n) is 6.02. The molecular formula is C12H16F3NO5S. The molecule has 1 rings (SSSR count). The summed E-state index contributed by atoms with van der Waals surface area (Å²) in [6, 6.07) is 3.70. The Morgan fingerprint density at radius 1 is 1.23 bits per heavy atom. The van der Waals surface area contributed by atoms with E-state index in [4.69, 9.17) is 4.74 Å². The Morgan fingerprint density at radius 3 is 2.23 bits per heavy atom. The second-order valence-electron chi connectivity index (χ2n) is 4.77. The first-order valence-corrected chi connectivity index (χ1v) is 7.50. The number of hydrogen-bond acceptors (Lipinski definition) is 5. The van der Waals surface area contributed by atoms with Gasteiger partial charge in [-0.15, -0.1) is 13.2 Å². The van der Waals surface area contributed by atoms with E-state index < -0.39 is 27.7 Å². The van der Waals surface area contributed by atoms with Gasteiger partial charge in [-0.2, -0.15) is 0 Å². The highest BCUT2D eigenvalue weighted by molar-refractivity contribution is 7.89. The molecule has 126 valence electrons. The molecule has 6 nitrogen and oxygen atoms in total. The van der Waals surface area contributed by atoms with Gasteiger partial charge in [0.25, 0.3) is 0 Å². The van der Waals surface area contributed by atoms with Gasteiger partial charge in [0.05, 0.1) is 17.1 Å². The molecule has 0 aliphatic rings. The van der Waals surface area contributed by atoms with E-state index in [9.17, 15) is 26.7 Å². The van der Waals surface area contributed by atoms with Gasteiger partial charge in [-0.3, -0.25) is 0 Å². The molecule has 1 aromatic carbocycles. The van der Waals surface area contributed by atoms with Gasteiger partial charge < -0.3 is 14.6 Å². The van der Waals surface area contributed by atoms with Crippen LogP contribution in [0.15, 0.2) is 29.2 Å². The van der Waals surface area contributed by atoms with Crippen LogP contribution in [0, 0.1) is 0 Å². The van der Waals surface area contributed by atoms with Crippen molar-refractivity contribution in [3.8, 4) is 5.75 Å². The maximum atomic E-state index is 12.0. The topological polar surface area (TPSA) is 84.9 Å². The summed E-state index contributed by atoms with van der Waals surface area (Å²) in [6.07, 6.45) is -4.85. The van der Waals surface area contributed by atoms with Gasteiger partial charge in [0.1, 0.15) is 5.75 Å². The number of rotatable bonds is 7. The average Bonchev–Trinajstić information content (AvgIpc) is 2.35. The summed E-state index contributed by atoms with van der Waals surface area (Å²) in [5.74, 6) is -0.530. The number of halogens is 3. The largest absolute Gasteiger partial charge is 0.573 e. The Hall–Kier alpha value is -1.36. The molecule has 0 fully saturated rings. The first kappa shape index (κ1) is 18.7. The molecule has 0 spiro atoms. The molecule has 0 aromatic heterocycles. The number of ether oxygens (including phenoxy) is 2. The number of benzene rings is 1. The fourth-order valence-electron chi connectivity index (χ4n) is 1.52. The normalized spacial score (nSPS) is 15.4. The summed E-state index contributed by atoms with van der Waals surface area (Å²) in [5.41, 5.74) is -1.42. The molecule has 10 heteroatoms. The van der Waals surface area contributed by atoms with Crippen molar-refractivity contribution in [1.29, 1.82) is 0 Å². The number of methoxy groups -OCH3 is 1. The maximum absolute atomic E-state index is 12.0. The van der Waals surface area contributed by atoms with E-state index in [1.165, 1.54) is 14.0 Å². The molecule has 1 aromatic rings. The second kappa shape index (κ2) is 6.82. The van der Waals surface area contributed by atoms with Gasteiger partial charge in [0, 0.05) is 13.7 Å². The third kappa shape index (κ3) is 6.18. The number of nitrogens with one attached hydrogen (secondary N) is 1. The molecule has 0 heterocycles. The summed E-state index contributed by atoms with van der Waals surface area (Å²) >= 11 is 0. The van der Waals surface area contributed by atoms with Crippen molar-refractivity contribution in [3.63, 3.8) is 0 Å². The Labute approximate surface area is 125 Å². The van der Waals surface area contributed by atoms with E-state index in [1.807, 2.05) is 0 Å². The monoisotopic (exact) mass is 343 g/mol. The van der Waals surface area contributed by atoms with E-state index >= 15 is 0 Å². The van der Waals surface area contributed by atoms with Crippen LogP contribution in [0.4, 0.5) is 13.2 Å². The van der Waals surface area contributed by atoms with Crippen LogP contribution in [0.25, 0.3) is 0 Å². The van der Waals surface area contributed by atoms with E-state index in [2.05, 4.69) is 9.46 Å². The Balaban J connectivity index is 2.77. The quantitative estimate of drug-likeness (QED) is 0.779. The highest BCUT2D eigenvalue weighted by atomic mass is 32.2. The molecule has 1 unspecified atom stereocenters. The molecule has 0 saturated heterocycles. The molecule has 0 saturated carbocycles. The minimum atomic E-state index is -4.85. The highest BCUT2D eigenvalue weighted by Gasteiger charge is 2.31. The minimum Gasteiger partial charge on any atom is -0.406 e. The van der Waals surface area contributed by atoms with Crippen molar-refractivity contribution in [3.05, 3.63) is 24.3 Å². The van der Waals surface area contributed by atoms with Crippen LogP contribution in [-0.2, 0) is 14.8 Å². The lowest BCUT2D eigenvalue weighted by molar-refractivity contribution is -0.274. The lowest BCUT2D eigenvalue weighted by atomic mass is 10.1. The Kier molecular flexibility index (Phi) is 5.79. The van der Waals surface area contributed by atoms with Gasteiger partial charge in [-0.1, -0.05) is 0 Å². The van der Waals surface area contributed by atoms with Gasteiger partial charge >= 0.3 is 6.36 Å². The Bertz CT molecular complexity index is 584. The lowest BCUT2D eigenvalue weighted by Gasteiger charge is -2.22. The zero-order valence-electron chi connectivity index (χ0n) is 11.8. The molecule has 1 atom stereocenters. The van der Waals surface area contributed by atoms with Crippen LogP contribution in [0.1, 0.15) is 6.92 Å². The van der Waals surface area contributed by atoms with Crippen LogP contribution in [0.2, 0.25) is 0 Å². The fourth-order valence-corrected chi connectivity index (χ4v) is 2.68. The molecule has 22 heavy (non-hydrogen) atoms.